The first-order valence-corrected chi connectivity index (χ1v) is 10.8. The average Bonchev–Trinajstić information content (AvgIpc) is 2.75. The summed E-state index contributed by atoms with van der Waals surface area (Å²) in [7, 11) is 6.12. The molecule has 31 heavy (non-hydrogen) atoms. The lowest BCUT2D eigenvalue weighted by molar-refractivity contribution is -0.136. The number of nitrogens with zero attached hydrogens (tertiary/aromatic N) is 3. The van der Waals surface area contributed by atoms with E-state index < -0.39 is 11.8 Å². The van der Waals surface area contributed by atoms with Crippen molar-refractivity contribution in [3.63, 3.8) is 0 Å². The number of nitrogens with one attached hydrogen (secondary N) is 2. The Kier molecular flexibility index (Phi) is 7.90. The highest BCUT2D eigenvalue weighted by molar-refractivity contribution is 6.39. The van der Waals surface area contributed by atoms with Gasteiger partial charge in [0.25, 0.3) is 0 Å². The molecule has 2 aromatic rings. The number of benzene rings is 2. The Morgan fingerprint density at radius 3 is 2.32 bits per heavy atom. The Hall–Kier alpha value is -2.61. The Bertz CT molecular complexity index is 895. The van der Waals surface area contributed by atoms with Crippen molar-refractivity contribution >= 4 is 34.8 Å². The maximum Gasteiger partial charge on any atom is 0.313 e. The molecular formula is C23H30ClN5O2. The van der Waals surface area contributed by atoms with Crippen LogP contribution in [0.2, 0.25) is 5.02 Å². The molecule has 1 aliphatic rings. The second-order valence-corrected chi connectivity index (χ2v) is 8.45. The Labute approximate surface area is 189 Å². The summed E-state index contributed by atoms with van der Waals surface area (Å²) in [6.07, 6.45) is 0. The van der Waals surface area contributed by atoms with E-state index in [1.54, 1.807) is 24.3 Å². The van der Waals surface area contributed by atoms with Gasteiger partial charge in [-0.15, -0.1) is 0 Å². The molecule has 1 aliphatic heterocycles. The fourth-order valence-electron chi connectivity index (χ4n) is 3.61. The normalized spacial score (nSPS) is 15.9. The summed E-state index contributed by atoms with van der Waals surface area (Å²) >= 11 is 5.94. The van der Waals surface area contributed by atoms with Crippen molar-refractivity contribution in [2.45, 2.75) is 6.04 Å². The third kappa shape index (κ3) is 6.43. The van der Waals surface area contributed by atoms with Crippen LogP contribution in [0, 0.1) is 0 Å². The topological polar surface area (TPSA) is 67.9 Å². The first-order chi connectivity index (χ1) is 14.8. The second kappa shape index (κ2) is 10.6. The smallest absolute Gasteiger partial charge is 0.313 e. The molecule has 1 unspecified atom stereocenters. The predicted octanol–water partition coefficient (Wildman–Crippen LogP) is 2.45. The van der Waals surface area contributed by atoms with E-state index in [1.807, 2.05) is 14.1 Å². The molecule has 1 fully saturated rings. The average molecular weight is 444 g/mol. The first kappa shape index (κ1) is 23.1. The van der Waals surface area contributed by atoms with Gasteiger partial charge in [-0.3, -0.25) is 14.5 Å². The fourth-order valence-corrected chi connectivity index (χ4v) is 3.80. The molecule has 166 valence electrons. The molecule has 1 heterocycles. The lowest BCUT2D eigenvalue weighted by Crippen LogP contribution is -2.49. The molecule has 7 nitrogen and oxygen atoms in total. The maximum absolute atomic E-state index is 12.5. The highest BCUT2D eigenvalue weighted by atomic mass is 35.5. The van der Waals surface area contributed by atoms with Crippen molar-refractivity contribution in [2.75, 3.05) is 64.1 Å². The molecule has 1 atom stereocenters. The lowest BCUT2D eigenvalue weighted by Gasteiger charge is -2.38. The van der Waals surface area contributed by atoms with Gasteiger partial charge in [0.1, 0.15) is 0 Å². The molecule has 2 amide bonds. The minimum Gasteiger partial charge on any atom is -0.378 e. The van der Waals surface area contributed by atoms with Gasteiger partial charge in [0.05, 0.1) is 6.04 Å². The number of carbonyl (C=O) groups is 2. The van der Waals surface area contributed by atoms with Gasteiger partial charge in [-0.05, 0) is 42.9 Å². The minimum absolute atomic E-state index is 0.00664. The number of amides is 2. The van der Waals surface area contributed by atoms with Gasteiger partial charge in [-0.25, -0.2) is 0 Å². The number of piperazine rings is 1. The highest BCUT2D eigenvalue weighted by Crippen LogP contribution is 2.24. The van der Waals surface area contributed by atoms with Gasteiger partial charge < -0.3 is 20.4 Å². The number of hydrogen-bond acceptors (Lipinski definition) is 5. The van der Waals surface area contributed by atoms with Gasteiger partial charge in [0, 0.05) is 63.2 Å². The van der Waals surface area contributed by atoms with E-state index in [2.05, 4.69) is 56.6 Å². The Morgan fingerprint density at radius 2 is 1.71 bits per heavy atom. The zero-order chi connectivity index (χ0) is 22.4. The van der Waals surface area contributed by atoms with Crippen LogP contribution in [0.1, 0.15) is 11.6 Å². The van der Waals surface area contributed by atoms with Crippen LogP contribution < -0.4 is 15.5 Å². The Balaban J connectivity index is 1.67. The Morgan fingerprint density at radius 1 is 1.03 bits per heavy atom. The van der Waals surface area contributed by atoms with Crippen LogP contribution in [0.3, 0.4) is 0 Å². The van der Waals surface area contributed by atoms with Crippen molar-refractivity contribution in [1.29, 1.82) is 0 Å². The van der Waals surface area contributed by atoms with Crippen molar-refractivity contribution in [3.05, 3.63) is 59.1 Å². The molecule has 0 aromatic heterocycles. The van der Waals surface area contributed by atoms with Gasteiger partial charge in [0.2, 0.25) is 0 Å². The highest BCUT2D eigenvalue weighted by Gasteiger charge is 2.25. The predicted molar refractivity (Wildman–Crippen MR) is 126 cm³/mol. The molecule has 0 radical (unpaired) electrons. The molecule has 8 heteroatoms. The summed E-state index contributed by atoms with van der Waals surface area (Å²) in [5, 5.41) is 5.90. The van der Waals surface area contributed by atoms with Crippen LogP contribution in [0.15, 0.2) is 48.5 Å². The van der Waals surface area contributed by atoms with E-state index in [0.29, 0.717) is 17.3 Å². The summed E-state index contributed by atoms with van der Waals surface area (Å²) in [5.74, 6) is -1.37. The standard InChI is InChI=1S/C23H30ClN5O2/c1-27(2)20-9-7-17(8-10-20)21(29-13-11-28(3)12-14-29)16-25-22(30)23(31)26-19-6-4-5-18(24)15-19/h4-10,15,21H,11-14,16H2,1-3H3,(H,25,30)(H,26,31). The number of hydrogen-bond donors (Lipinski definition) is 2. The van der Waals surface area contributed by atoms with Crippen molar-refractivity contribution < 1.29 is 9.59 Å². The summed E-state index contributed by atoms with van der Waals surface area (Å²) in [6.45, 7) is 4.10. The third-order valence-corrected chi connectivity index (χ3v) is 5.75. The molecule has 3 rings (SSSR count). The van der Waals surface area contributed by atoms with E-state index in [4.69, 9.17) is 11.6 Å². The second-order valence-electron chi connectivity index (χ2n) is 8.02. The zero-order valence-corrected chi connectivity index (χ0v) is 19.0. The minimum atomic E-state index is -0.706. The summed E-state index contributed by atoms with van der Waals surface area (Å²) in [6, 6.07) is 15.1. The molecule has 0 saturated carbocycles. The van der Waals surface area contributed by atoms with Crippen LogP contribution in [0.5, 0.6) is 0 Å². The largest absolute Gasteiger partial charge is 0.378 e. The van der Waals surface area contributed by atoms with E-state index in [9.17, 15) is 9.59 Å². The molecule has 1 saturated heterocycles. The van der Waals surface area contributed by atoms with Gasteiger partial charge >= 0.3 is 11.8 Å². The number of likely N-dealkylation sites (N-methyl/N-ethyl adjacent to an activating group) is 1. The van der Waals surface area contributed by atoms with Crippen LogP contribution in [-0.2, 0) is 9.59 Å². The van der Waals surface area contributed by atoms with Crippen molar-refractivity contribution in [2.24, 2.45) is 0 Å². The van der Waals surface area contributed by atoms with Crippen LogP contribution in [0.4, 0.5) is 11.4 Å². The summed E-state index contributed by atoms with van der Waals surface area (Å²) in [5.41, 5.74) is 2.72. The molecule has 0 bridgehead atoms. The SMILES string of the molecule is CN1CCN(C(CNC(=O)C(=O)Nc2cccc(Cl)c2)c2ccc(N(C)C)cc2)CC1. The molecule has 0 spiro atoms. The molecule has 0 aliphatic carbocycles. The van der Waals surface area contributed by atoms with Crippen LogP contribution in [0.25, 0.3) is 0 Å². The lowest BCUT2D eigenvalue weighted by atomic mass is 10.0. The summed E-state index contributed by atoms with van der Waals surface area (Å²) in [4.78, 5) is 31.5. The van der Waals surface area contributed by atoms with E-state index in [-0.39, 0.29) is 6.04 Å². The number of anilines is 2. The van der Waals surface area contributed by atoms with E-state index >= 15 is 0 Å². The zero-order valence-electron chi connectivity index (χ0n) is 18.3. The summed E-state index contributed by atoms with van der Waals surface area (Å²) < 4.78 is 0. The molecular weight excluding hydrogens is 414 g/mol. The quantitative estimate of drug-likeness (QED) is 0.671. The van der Waals surface area contributed by atoms with Gasteiger partial charge in [-0.2, -0.15) is 0 Å². The van der Waals surface area contributed by atoms with Crippen molar-refractivity contribution in [3.8, 4) is 0 Å². The first-order valence-electron chi connectivity index (χ1n) is 10.4. The third-order valence-electron chi connectivity index (χ3n) is 5.52. The molecule has 2 N–H and O–H groups in total. The maximum atomic E-state index is 12.5. The number of halogens is 1. The van der Waals surface area contributed by atoms with Gasteiger partial charge in [0.15, 0.2) is 0 Å². The van der Waals surface area contributed by atoms with E-state index in [0.717, 1.165) is 37.4 Å². The molecule has 2 aromatic carbocycles. The fraction of sp³-hybridized carbons (Fsp3) is 0.391. The number of carbonyl (C=O) groups excluding carboxylic acids is 2. The van der Waals surface area contributed by atoms with Gasteiger partial charge in [-0.1, -0.05) is 29.8 Å². The number of rotatable bonds is 6. The van der Waals surface area contributed by atoms with Crippen LogP contribution in [-0.4, -0.2) is 75.5 Å². The monoisotopic (exact) mass is 443 g/mol. The van der Waals surface area contributed by atoms with Crippen molar-refractivity contribution in [1.82, 2.24) is 15.1 Å². The van der Waals surface area contributed by atoms with Crippen LogP contribution >= 0.6 is 11.6 Å². The van der Waals surface area contributed by atoms with E-state index in [1.165, 1.54) is 0 Å².